The van der Waals surface area contributed by atoms with Crippen LogP contribution in [-0.2, 0) is 34.6 Å². The van der Waals surface area contributed by atoms with Crippen molar-refractivity contribution in [1.29, 1.82) is 0 Å². The zero-order chi connectivity index (χ0) is 23.1. The van der Waals surface area contributed by atoms with Crippen LogP contribution in [0.1, 0.15) is 51.5 Å². The van der Waals surface area contributed by atoms with E-state index in [1.54, 1.807) is 24.3 Å². The number of nitrogens with zero attached hydrogens (tertiary/aromatic N) is 1. The lowest BCUT2D eigenvalue weighted by Crippen LogP contribution is -2.47. The van der Waals surface area contributed by atoms with Gasteiger partial charge in [-0.2, -0.15) is 0 Å². The van der Waals surface area contributed by atoms with Crippen LogP contribution >= 0.6 is 7.82 Å². The number of unbranched alkanes of at least 4 members (excludes halogenated alkanes) is 2. The van der Waals surface area contributed by atoms with Crippen molar-refractivity contribution in [3.8, 4) is 0 Å². The topological polar surface area (TPSA) is 140 Å². The molecule has 0 aliphatic heterocycles. The maximum absolute atomic E-state index is 12.5. The first-order valence-electron chi connectivity index (χ1n) is 10.4. The number of phosphoric acid groups is 1. The van der Waals surface area contributed by atoms with Crippen LogP contribution in [0.25, 0.3) is 0 Å². The molecule has 0 radical (unpaired) electrons. The molecule has 1 unspecified atom stereocenters. The molecular weight excluding hydrogens is 425 g/mol. The van der Waals surface area contributed by atoms with Crippen LogP contribution in [0.3, 0.4) is 0 Å². The number of nitrogens with one attached hydrogen (secondary N) is 1. The molecule has 0 spiro atoms. The van der Waals surface area contributed by atoms with E-state index < -0.39 is 26.6 Å². The smallest absolute Gasteiger partial charge is 0.343 e. The molecule has 0 saturated carbocycles. The molecule has 176 valence electrons. The van der Waals surface area contributed by atoms with Crippen molar-refractivity contribution >= 4 is 20.1 Å². The Bertz CT molecular complexity index is 693. The maximum Gasteiger partial charge on any atom is 0.474 e. The Hall–Kier alpha value is -1.81. The molecule has 10 nitrogen and oxygen atoms in total. The van der Waals surface area contributed by atoms with Crippen molar-refractivity contribution in [3.05, 3.63) is 35.9 Å². The Morgan fingerprint density at radius 2 is 1.97 bits per heavy atom. The third kappa shape index (κ3) is 10.4. The van der Waals surface area contributed by atoms with Crippen LogP contribution in [0.15, 0.2) is 30.3 Å². The first kappa shape index (κ1) is 27.2. The molecule has 4 N–H and O–H groups in total. The molecule has 2 amide bonds. The largest absolute Gasteiger partial charge is 0.474 e. The van der Waals surface area contributed by atoms with E-state index in [-0.39, 0.29) is 19.2 Å². The second-order valence-electron chi connectivity index (χ2n) is 6.89. The summed E-state index contributed by atoms with van der Waals surface area (Å²) in [4.78, 5) is 39.2. The van der Waals surface area contributed by atoms with Gasteiger partial charge in [0, 0.05) is 0 Å². The highest BCUT2D eigenvalue weighted by Gasteiger charge is 2.32. The average Bonchev–Trinajstić information content (AvgIpc) is 2.76. The minimum Gasteiger partial charge on any atom is -0.343 e. The van der Waals surface area contributed by atoms with Gasteiger partial charge in [0.15, 0.2) is 6.79 Å². The Kier molecular flexibility index (Phi) is 13.2. The van der Waals surface area contributed by atoms with Crippen LogP contribution in [0.5, 0.6) is 0 Å². The first-order valence-corrected chi connectivity index (χ1v) is 11.9. The number of carbonyl (C=O) groups is 2. The van der Waals surface area contributed by atoms with Crippen molar-refractivity contribution in [1.82, 2.24) is 10.4 Å². The van der Waals surface area contributed by atoms with Crippen LogP contribution in [-0.4, -0.2) is 41.8 Å². The second kappa shape index (κ2) is 15.1. The highest BCUT2D eigenvalue weighted by atomic mass is 31.2. The van der Waals surface area contributed by atoms with Gasteiger partial charge in [0.25, 0.3) is 0 Å². The van der Waals surface area contributed by atoms with E-state index in [2.05, 4.69) is 12.2 Å². The summed E-state index contributed by atoms with van der Waals surface area (Å²) >= 11 is 0. The summed E-state index contributed by atoms with van der Waals surface area (Å²) in [5.41, 5.74) is 6.13. The number of amides is 2. The lowest BCUT2D eigenvalue weighted by atomic mass is 9.90. The van der Waals surface area contributed by atoms with Gasteiger partial charge in [-0.25, -0.2) is 14.5 Å². The average molecular weight is 459 g/mol. The van der Waals surface area contributed by atoms with E-state index in [0.29, 0.717) is 24.8 Å². The zero-order valence-corrected chi connectivity index (χ0v) is 19.0. The summed E-state index contributed by atoms with van der Waals surface area (Å²) < 4.78 is 21.8. The summed E-state index contributed by atoms with van der Waals surface area (Å²) in [5, 5.41) is 3.53. The van der Waals surface area contributed by atoms with E-state index in [4.69, 9.17) is 19.6 Å². The Morgan fingerprint density at radius 1 is 1.26 bits per heavy atom. The minimum absolute atomic E-state index is 0.0168. The number of hydrogen-bond donors (Lipinski definition) is 3. The van der Waals surface area contributed by atoms with Gasteiger partial charge in [0.2, 0.25) is 12.3 Å². The molecule has 0 aliphatic rings. The summed E-state index contributed by atoms with van der Waals surface area (Å²) in [6, 6.07) is 8.25. The maximum atomic E-state index is 12.5. The number of nitrogens with two attached hydrogens (primary N) is 1. The number of phosphoric ester groups is 1. The SMILES string of the molecule is CCCCC[C@@H](C(=O)NCN)[C@@H](CC)N(C=O)OCOP(=O)(O)OCc1ccccc1. The zero-order valence-electron chi connectivity index (χ0n) is 18.1. The molecule has 1 aromatic rings. The lowest BCUT2D eigenvalue weighted by molar-refractivity contribution is -0.221. The fourth-order valence-electron chi connectivity index (χ4n) is 3.11. The van der Waals surface area contributed by atoms with Gasteiger partial charge in [0.05, 0.1) is 25.2 Å². The summed E-state index contributed by atoms with van der Waals surface area (Å²) in [5.74, 6) is -0.818. The van der Waals surface area contributed by atoms with Gasteiger partial charge in [-0.3, -0.25) is 18.6 Å². The van der Waals surface area contributed by atoms with Crippen molar-refractivity contribution in [3.63, 3.8) is 0 Å². The van der Waals surface area contributed by atoms with Gasteiger partial charge in [-0.1, -0.05) is 63.4 Å². The molecule has 1 aromatic carbocycles. The standard InChI is InChI=1S/C20H34N3O7P/c1-3-5-7-12-18(20(25)22-14-21)19(4-2)23(15-24)28-16-30-31(26,27)29-13-17-10-8-6-9-11-17/h6,8-11,15,18-19H,3-5,7,12-14,16,21H2,1-2H3,(H,22,25)(H,26,27)/t18-,19-/m1/s1. The molecule has 0 heterocycles. The number of hydrogen-bond acceptors (Lipinski definition) is 7. The van der Waals surface area contributed by atoms with E-state index in [1.165, 1.54) is 0 Å². The van der Waals surface area contributed by atoms with Crippen molar-refractivity contribution in [2.75, 3.05) is 13.5 Å². The van der Waals surface area contributed by atoms with Gasteiger partial charge >= 0.3 is 7.82 Å². The van der Waals surface area contributed by atoms with Crippen molar-refractivity contribution in [2.45, 2.75) is 58.6 Å². The predicted molar refractivity (Wildman–Crippen MR) is 115 cm³/mol. The molecule has 0 aromatic heterocycles. The molecule has 11 heteroatoms. The number of benzene rings is 1. The quantitative estimate of drug-likeness (QED) is 0.106. The van der Waals surface area contributed by atoms with Crippen LogP contribution < -0.4 is 11.1 Å². The normalized spacial score (nSPS) is 15.0. The first-order chi connectivity index (χ1) is 14.9. The predicted octanol–water partition coefficient (Wildman–Crippen LogP) is 2.68. The molecule has 0 saturated heterocycles. The van der Waals surface area contributed by atoms with Crippen molar-refractivity contribution in [2.24, 2.45) is 11.7 Å². The van der Waals surface area contributed by atoms with Crippen LogP contribution in [0, 0.1) is 5.92 Å². The third-order valence-electron chi connectivity index (χ3n) is 4.70. The fraction of sp³-hybridized carbons (Fsp3) is 0.600. The molecule has 0 aliphatic carbocycles. The van der Waals surface area contributed by atoms with E-state index in [0.717, 1.165) is 24.3 Å². The summed E-state index contributed by atoms with van der Waals surface area (Å²) in [6.07, 6.45) is 4.13. The highest BCUT2D eigenvalue weighted by molar-refractivity contribution is 7.47. The molecule has 3 atom stereocenters. The summed E-state index contributed by atoms with van der Waals surface area (Å²) in [6.45, 7) is 3.03. The molecule has 0 fully saturated rings. The number of carbonyl (C=O) groups excluding carboxylic acids is 2. The third-order valence-corrected chi connectivity index (χ3v) is 5.59. The second-order valence-corrected chi connectivity index (χ2v) is 8.35. The number of rotatable bonds is 17. The molecule has 31 heavy (non-hydrogen) atoms. The lowest BCUT2D eigenvalue weighted by Gasteiger charge is -2.32. The van der Waals surface area contributed by atoms with Gasteiger partial charge in [-0.15, -0.1) is 0 Å². The van der Waals surface area contributed by atoms with Gasteiger partial charge in [0.1, 0.15) is 0 Å². The van der Waals surface area contributed by atoms with Crippen LogP contribution in [0.4, 0.5) is 0 Å². The molecule has 1 rings (SSSR count). The molecular formula is C20H34N3O7P. The highest BCUT2D eigenvalue weighted by Crippen LogP contribution is 2.44. The minimum atomic E-state index is -4.40. The van der Waals surface area contributed by atoms with Crippen molar-refractivity contribution < 1.29 is 32.9 Å². The Labute approximate surface area is 183 Å². The Balaban J connectivity index is 2.67. The number of hydroxylamine groups is 2. The van der Waals surface area contributed by atoms with Gasteiger partial charge in [-0.05, 0) is 18.4 Å². The van der Waals surface area contributed by atoms with Gasteiger partial charge < -0.3 is 15.9 Å². The fourth-order valence-corrected chi connectivity index (χ4v) is 3.68. The monoisotopic (exact) mass is 459 g/mol. The van der Waals surface area contributed by atoms with E-state index >= 15 is 0 Å². The van der Waals surface area contributed by atoms with Crippen LogP contribution in [0.2, 0.25) is 0 Å². The van der Waals surface area contributed by atoms with E-state index in [9.17, 15) is 19.0 Å². The Morgan fingerprint density at radius 3 is 2.55 bits per heavy atom. The van der Waals surface area contributed by atoms with E-state index in [1.807, 2.05) is 13.0 Å². The molecule has 0 bridgehead atoms. The summed E-state index contributed by atoms with van der Waals surface area (Å²) in [7, 11) is -4.40.